The zero-order valence-corrected chi connectivity index (χ0v) is 21.3. The Morgan fingerprint density at radius 3 is 1.70 bits per heavy atom. The van der Waals surface area contributed by atoms with Crippen LogP contribution < -0.4 is 0 Å². The largest absolute Gasteiger partial charge is 0.300 e. The molecule has 8 atom stereocenters. The molecule has 3 heteroatoms. The van der Waals surface area contributed by atoms with Gasteiger partial charge in [-0.2, -0.15) is 0 Å². The fraction of sp³-hybridized carbons (Fsp3) is 0.963. The first kappa shape index (κ1) is 23.2. The van der Waals surface area contributed by atoms with Crippen LogP contribution in [0.5, 0.6) is 0 Å². The summed E-state index contributed by atoms with van der Waals surface area (Å²) in [5.74, 6) is 8.32. The van der Waals surface area contributed by atoms with Crippen LogP contribution >= 0.6 is 11.6 Å². The molecule has 1 nitrogen and oxygen atoms in total. The molecule has 4 bridgehead atoms. The molecule has 0 aromatic heterocycles. The Morgan fingerprint density at radius 2 is 1.30 bits per heavy atom. The lowest BCUT2D eigenvalue weighted by atomic mass is 9.20. The predicted octanol–water partition coefficient (Wildman–Crippen LogP) is 7.99. The van der Waals surface area contributed by atoms with E-state index < -0.39 is 0 Å². The van der Waals surface area contributed by atoms with Gasteiger partial charge in [0.25, 0.3) is 0 Å². The third-order valence-corrected chi connectivity index (χ3v) is 11.8. The van der Waals surface area contributed by atoms with Crippen molar-refractivity contribution in [3.05, 3.63) is 0 Å². The van der Waals surface area contributed by atoms with E-state index in [-0.39, 0.29) is 0 Å². The van der Waals surface area contributed by atoms with Crippen LogP contribution in [-0.4, -0.2) is 18.4 Å². The van der Waals surface area contributed by atoms with E-state index in [4.69, 9.17) is 11.6 Å². The van der Waals surface area contributed by atoms with Gasteiger partial charge in [-0.15, -0.1) is 11.6 Å². The van der Waals surface area contributed by atoms with Crippen LogP contribution in [-0.2, 0) is 4.79 Å². The van der Waals surface area contributed by atoms with Gasteiger partial charge in [0.2, 0.25) is 0 Å². The maximum absolute atomic E-state index is 12.3. The Kier molecular flexibility index (Phi) is 6.51. The zero-order chi connectivity index (χ0) is 21.8. The van der Waals surface area contributed by atoms with Gasteiger partial charge >= 0.3 is 0 Å². The van der Waals surface area contributed by atoms with Crippen LogP contribution in [0.15, 0.2) is 0 Å². The van der Waals surface area contributed by atoms with Crippen molar-refractivity contribution in [3.63, 3.8) is 0 Å². The summed E-state index contributed by atoms with van der Waals surface area (Å²) in [6, 6.07) is 0. The standard InChI is InChI=1S/C27H46BClO/c1-17-22-13-19(26(22,3)4)15-24(17)28(11-7-9-21(30)10-8-12-29)25-16-20-14-23(18(25)2)27(20,5)6/h17-20,22-25H,7-16H2,1-6H3/t17-,18-,19+,20+,22-,23-,24-,25-/m1/s1. The Morgan fingerprint density at radius 1 is 0.833 bits per heavy atom. The first-order valence-corrected chi connectivity index (χ1v) is 13.7. The van der Waals surface area contributed by atoms with Crippen molar-refractivity contribution in [2.24, 2.45) is 46.3 Å². The van der Waals surface area contributed by atoms with Gasteiger partial charge < -0.3 is 0 Å². The second-order valence-corrected chi connectivity index (χ2v) is 13.5. The van der Waals surface area contributed by atoms with Crippen molar-refractivity contribution >= 4 is 24.1 Å². The molecule has 0 N–H and O–H groups in total. The summed E-state index contributed by atoms with van der Waals surface area (Å²) in [7, 11) is 0. The van der Waals surface area contributed by atoms with Crippen LogP contribution in [0, 0.1) is 46.3 Å². The monoisotopic (exact) mass is 432 g/mol. The number of halogens is 1. The number of carbonyl (C=O) groups excluding carboxylic acids is 1. The lowest BCUT2D eigenvalue weighted by Crippen LogP contribution is -2.59. The highest BCUT2D eigenvalue weighted by molar-refractivity contribution is 6.62. The van der Waals surface area contributed by atoms with E-state index in [1.54, 1.807) is 0 Å². The molecule has 0 saturated heterocycles. The smallest absolute Gasteiger partial charge is 0.146 e. The SMILES string of the molecule is C[C@@H]1[C@H]2C[C@@H](C[C@H]1B(CCCC(=O)CCCCl)[C@@H]1C[C@@H]3C[C@H]([C@H]1C)C3(C)C)C2(C)C. The van der Waals surface area contributed by atoms with Crippen molar-refractivity contribution in [2.75, 3.05) is 5.88 Å². The Labute approximate surface area is 191 Å². The summed E-state index contributed by atoms with van der Waals surface area (Å²) in [5.41, 5.74) is 1.14. The number of Topliss-reactive ketones (excluding diaryl/α,β-unsaturated/α-hetero) is 1. The molecule has 0 unspecified atom stereocenters. The molecular formula is C27H46BClO. The molecule has 0 aliphatic heterocycles. The summed E-state index contributed by atoms with van der Waals surface area (Å²) >= 11 is 5.79. The van der Waals surface area contributed by atoms with Crippen LogP contribution in [0.4, 0.5) is 0 Å². The molecule has 0 amide bonds. The van der Waals surface area contributed by atoms with Crippen molar-refractivity contribution in [2.45, 2.75) is 111 Å². The van der Waals surface area contributed by atoms with E-state index >= 15 is 0 Å². The third kappa shape index (κ3) is 3.74. The molecule has 0 aromatic rings. The lowest BCUT2D eigenvalue weighted by molar-refractivity contribution is -0.119. The number of ketones is 1. The number of rotatable bonds is 9. The van der Waals surface area contributed by atoms with E-state index in [1.807, 2.05) is 0 Å². The summed E-state index contributed by atoms with van der Waals surface area (Å²) in [4.78, 5) is 12.3. The average molecular weight is 433 g/mol. The van der Waals surface area contributed by atoms with Crippen LogP contribution in [0.25, 0.3) is 0 Å². The fourth-order valence-corrected chi connectivity index (χ4v) is 9.31. The van der Waals surface area contributed by atoms with Gasteiger partial charge in [0.1, 0.15) is 12.5 Å². The van der Waals surface area contributed by atoms with Gasteiger partial charge in [-0.3, -0.25) is 4.79 Å². The number of alkyl halides is 1. The first-order valence-electron chi connectivity index (χ1n) is 13.2. The average Bonchev–Trinajstić information content (AvgIpc) is 2.69. The summed E-state index contributed by atoms with van der Waals surface area (Å²) < 4.78 is 0. The minimum atomic E-state index is 0.441. The van der Waals surface area contributed by atoms with Crippen LogP contribution in [0.1, 0.15) is 92.9 Å². The Hall–Kier alpha value is 0.0249. The Balaban J connectivity index is 1.46. The first-order chi connectivity index (χ1) is 14.1. The molecule has 0 radical (unpaired) electrons. The topological polar surface area (TPSA) is 17.1 Å². The van der Waals surface area contributed by atoms with Crippen molar-refractivity contribution in [1.29, 1.82) is 0 Å². The van der Waals surface area contributed by atoms with Crippen LogP contribution in [0.2, 0.25) is 18.0 Å². The van der Waals surface area contributed by atoms with E-state index in [0.29, 0.717) is 28.9 Å². The summed E-state index contributed by atoms with van der Waals surface area (Å²) in [6.45, 7) is 16.1. The second-order valence-electron chi connectivity index (χ2n) is 13.1. The Bertz CT molecular complexity index is 601. The molecular weight excluding hydrogens is 387 g/mol. The highest BCUT2D eigenvalue weighted by atomic mass is 35.5. The molecule has 0 aromatic carbocycles. The van der Waals surface area contributed by atoms with Crippen molar-refractivity contribution < 1.29 is 4.79 Å². The molecule has 6 aliphatic rings. The molecule has 170 valence electrons. The van der Waals surface area contributed by atoms with E-state index in [9.17, 15) is 4.79 Å². The van der Waals surface area contributed by atoms with Gasteiger partial charge in [0, 0.05) is 18.7 Å². The third-order valence-electron chi connectivity index (χ3n) is 11.5. The summed E-state index contributed by atoms with van der Waals surface area (Å²) in [6.07, 6.45) is 10.6. The lowest BCUT2D eigenvalue weighted by Gasteiger charge is -2.66. The quantitative estimate of drug-likeness (QED) is 0.266. The fourth-order valence-electron chi connectivity index (χ4n) is 9.18. The van der Waals surface area contributed by atoms with E-state index in [0.717, 1.165) is 73.1 Å². The molecule has 0 spiro atoms. The maximum atomic E-state index is 12.3. The number of hydrogen-bond donors (Lipinski definition) is 0. The molecule has 6 fully saturated rings. The summed E-state index contributed by atoms with van der Waals surface area (Å²) in [5, 5.41) is 0. The molecule has 6 rings (SSSR count). The van der Waals surface area contributed by atoms with Gasteiger partial charge in [0.15, 0.2) is 0 Å². The van der Waals surface area contributed by atoms with Gasteiger partial charge in [-0.25, -0.2) is 0 Å². The highest BCUT2D eigenvalue weighted by Crippen LogP contribution is 2.69. The van der Waals surface area contributed by atoms with Crippen molar-refractivity contribution in [1.82, 2.24) is 0 Å². The molecule has 6 aliphatic carbocycles. The number of hydrogen-bond acceptors (Lipinski definition) is 1. The van der Waals surface area contributed by atoms with Crippen LogP contribution in [0.3, 0.4) is 0 Å². The van der Waals surface area contributed by atoms with E-state index in [2.05, 4.69) is 41.5 Å². The minimum absolute atomic E-state index is 0.441. The molecule has 6 saturated carbocycles. The minimum Gasteiger partial charge on any atom is -0.300 e. The molecule has 0 heterocycles. The van der Waals surface area contributed by atoms with Gasteiger partial charge in [-0.1, -0.05) is 78.8 Å². The zero-order valence-electron chi connectivity index (χ0n) is 20.6. The number of fused-ring (bicyclic) bond motifs is 4. The van der Waals surface area contributed by atoms with Gasteiger partial charge in [-0.05, 0) is 65.6 Å². The normalized spacial score (nSPS) is 42.8. The predicted molar refractivity (Wildman–Crippen MR) is 131 cm³/mol. The van der Waals surface area contributed by atoms with Gasteiger partial charge in [0.05, 0.1) is 0 Å². The second kappa shape index (κ2) is 8.42. The highest BCUT2D eigenvalue weighted by Gasteiger charge is 2.62. The van der Waals surface area contributed by atoms with Crippen molar-refractivity contribution in [3.8, 4) is 0 Å². The maximum Gasteiger partial charge on any atom is 0.146 e. The number of carbonyl (C=O) groups is 1. The van der Waals surface area contributed by atoms with E-state index in [1.165, 1.54) is 32.0 Å². The molecule has 30 heavy (non-hydrogen) atoms.